The zero-order chi connectivity index (χ0) is 22.0. The van der Waals surface area contributed by atoms with Crippen LogP contribution in [0, 0.1) is 0 Å². The normalized spacial score (nSPS) is 20.6. The summed E-state index contributed by atoms with van der Waals surface area (Å²) < 4.78 is 11.6. The average molecular weight is 455 g/mol. The summed E-state index contributed by atoms with van der Waals surface area (Å²) in [5.41, 5.74) is 3.26. The fourth-order valence-corrected chi connectivity index (χ4v) is 4.89. The Morgan fingerprint density at radius 1 is 1.22 bits per heavy atom. The van der Waals surface area contributed by atoms with Gasteiger partial charge in [-0.25, -0.2) is 0 Å². The summed E-state index contributed by atoms with van der Waals surface area (Å²) in [6.07, 6.45) is 7.51. The van der Waals surface area contributed by atoms with Gasteiger partial charge in [0.1, 0.15) is 0 Å². The topological polar surface area (TPSA) is 83.4 Å². The van der Waals surface area contributed by atoms with Gasteiger partial charge in [-0.15, -0.1) is 0 Å². The van der Waals surface area contributed by atoms with Gasteiger partial charge in [0.15, 0.2) is 5.76 Å². The van der Waals surface area contributed by atoms with E-state index in [1.807, 2.05) is 30.5 Å². The molecule has 2 aliphatic rings. The minimum Gasteiger partial charge on any atom is -0.459 e. The summed E-state index contributed by atoms with van der Waals surface area (Å²) in [6, 6.07) is 11.2. The van der Waals surface area contributed by atoms with Gasteiger partial charge < -0.3 is 14.5 Å². The molecule has 3 aromatic rings. The van der Waals surface area contributed by atoms with Crippen LogP contribution in [-0.4, -0.2) is 52.3 Å². The number of aromatic nitrogens is 2. The molecule has 2 N–H and O–H groups in total. The molecule has 1 amide bonds. The van der Waals surface area contributed by atoms with E-state index in [-0.39, 0.29) is 17.6 Å². The number of H-pyrrole nitrogens is 1. The molecule has 0 aliphatic carbocycles. The predicted molar refractivity (Wildman–Crippen MR) is 121 cm³/mol. The minimum atomic E-state index is -0.189. The number of benzene rings is 1. The first kappa shape index (κ1) is 21.2. The van der Waals surface area contributed by atoms with Crippen molar-refractivity contribution in [2.24, 2.45) is 0 Å². The van der Waals surface area contributed by atoms with Crippen LogP contribution in [0.3, 0.4) is 0 Å². The highest BCUT2D eigenvalue weighted by Crippen LogP contribution is 2.39. The van der Waals surface area contributed by atoms with Gasteiger partial charge >= 0.3 is 0 Å². The molecule has 32 heavy (non-hydrogen) atoms. The number of likely N-dealkylation sites (tertiary alicyclic amines) is 1. The first-order valence-electron chi connectivity index (χ1n) is 11.1. The molecule has 1 atom stereocenters. The Balaban J connectivity index is 1.12. The van der Waals surface area contributed by atoms with Crippen molar-refractivity contribution in [1.29, 1.82) is 0 Å². The fraction of sp³-hybridized carbons (Fsp3) is 0.417. The largest absolute Gasteiger partial charge is 0.459 e. The van der Waals surface area contributed by atoms with Crippen molar-refractivity contribution in [3.05, 3.63) is 65.2 Å². The number of aromatic amines is 1. The molecule has 1 spiro atoms. The number of halogens is 1. The number of nitrogens with one attached hydrogen (secondary N) is 2. The molecule has 2 aliphatic heterocycles. The van der Waals surface area contributed by atoms with Gasteiger partial charge in [0.2, 0.25) is 0 Å². The van der Waals surface area contributed by atoms with Crippen LogP contribution in [0.4, 0.5) is 0 Å². The van der Waals surface area contributed by atoms with Gasteiger partial charge in [-0.1, -0.05) is 23.7 Å². The maximum absolute atomic E-state index is 12.1. The lowest BCUT2D eigenvalue weighted by Crippen LogP contribution is -2.44. The number of rotatable bonds is 6. The van der Waals surface area contributed by atoms with Crippen molar-refractivity contribution in [2.75, 3.05) is 19.6 Å². The minimum absolute atomic E-state index is 0.0610. The molecule has 8 heteroatoms. The van der Waals surface area contributed by atoms with Crippen molar-refractivity contribution >= 4 is 17.5 Å². The Hall–Kier alpha value is -2.61. The lowest BCUT2D eigenvalue weighted by molar-refractivity contribution is -0.0764. The van der Waals surface area contributed by atoms with Gasteiger partial charge in [0, 0.05) is 36.8 Å². The molecule has 7 nitrogen and oxygen atoms in total. The van der Waals surface area contributed by atoms with E-state index in [0.29, 0.717) is 12.3 Å². The third kappa shape index (κ3) is 4.60. The average Bonchev–Trinajstić information content (AvgIpc) is 3.56. The van der Waals surface area contributed by atoms with E-state index < -0.39 is 0 Å². The second-order valence-corrected chi connectivity index (χ2v) is 9.14. The smallest absolute Gasteiger partial charge is 0.287 e. The first-order valence-corrected chi connectivity index (χ1v) is 11.5. The molecule has 2 saturated heterocycles. The van der Waals surface area contributed by atoms with E-state index in [9.17, 15) is 4.79 Å². The number of carbonyl (C=O) groups is 1. The Labute approximate surface area is 192 Å². The molecule has 5 rings (SSSR count). The van der Waals surface area contributed by atoms with E-state index in [4.69, 9.17) is 20.8 Å². The highest BCUT2D eigenvalue weighted by atomic mass is 35.5. The van der Waals surface area contributed by atoms with Crippen molar-refractivity contribution in [3.63, 3.8) is 0 Å². The molecule has 1 unspecified atom stereocenters. The van der Waals surface area contributed by atoms with Crippen LogP contribution >= 0.6 is 11.6 Å². The number of nitrogens with zero attached hydrogens (tertiary/aromatic N) is 2. The van der Waals surface area contributed by atoms with Gasteiger partial charge in [-0.05, 0) is 55.5 Å². The second-order valence-electron chi connectivity index (χ2n) is 8.70. The van der Waals surface area contributed by atoms with Crippen molar-refractivity contribution < 1.29 is 13.9 Å². The van der Waals surface area contributed by atoms with Crippen LogP contribution in [-0.2, 0) is 11.3 Å². The summed E-state index contributed by atoms with van der Waals surface area (Å²) in [4.78, 5) is 14.6. The second kappa shape index (κ2) is 9.10. The summed E-state index contributed by atoms with van der Waals surface area (Å²) in [7, 11) is 0. The molecule has 0 saturated carbocycles. The predicted octanol–water partition coefficient (Wildman–Crippen LogP) is 4.27. The molecule has 2 fully saturated rings. The van der Waals surface area contributed by atoms with Gasteiger partial charge in [0.25, 0.3) is 5.91 Å². The van der Waals surface area contributed by atoms with E-state index in [2.05, 4.69) is 20.4 Å². The Morgan fingerprint density at radius 3 is 2.78 bits per heavy atom. The molecular formula is C24H27ClN4O3. The summed E-state index contributed by atoms with van der Waals surface area (Å²) >= 11 is 6.03. The molecule has 2 aromatic heterocycles. The van der Waals surface area contributed by atoms with Gasteiger partial charge in [-0.2, -0.15) is 5.10 Å². The maximum Gasteiger partial charge on any atom is 0.287 e. The molecular weight excluding hydrogens is 428 g/mol. The summed E-state index contributed by atoms with van der Waals surface area (Å²) in [5.74, 6) is 0.147. The summed E-state index contributed by atoms with van der Waals surface area (Å²) in [6.45, 7) is 3.34. The Morgan fingerprint density at radius 2 is 2.03 bits per heavy atom. The van der Waals surface area contributed by atoms with E-state index in [0.717, 1.165) is 61.6 Å². The van der Waals surface area contributed by atoms with Crippen LogP contribution in [0.15, 0.2) is 53.3 Å². The summed E-state index contributed by atoms with van der Waals surface area (Å²) in [5, 5.41) is 11.1. The highest BCUT2D eigenvalue weighted by molar-refractivity contribution is 6.30. The number of piperidine rings is 1. The van der Waals surface area contributed by atoms with Crippen molar-refractivity contribution in [1.82, 2.24) is 20.4 Å². The molecule has 4 heterocycles. The maximum atomic E-state index is 12.1. The number of amides is 1. The molecule has 168 valence electrons. The third-order valence-electron chi connectivity index (χ3n) is 6.59. The molecule has 0 bridgehead atoms. The Bertz CT molecular complexity index is 1040. The van der Waals surface area contributed by atoms with Crippen LogP contribution in [0.1, 0.15) is 41.8 Å². The van der Waals surface area contributed by atoms with Gasteiger partial charge in [0.05, 0.1) is 29.9 Å². The van der Waals surface area contributed by atoms with E-state index >= 15 is 0 Å². The number of hydrogen-bond acceptors (Lipinski definition) is 5. The number of carbonyl (C=O) groups excluding carboxylic acids is 1. The van der Waals surface area contributed by atoms with Crippen LogP contribution < -0.4 is 5.32 Å². The number of ether oxygens (including phenoxy) is 1. The zero-order valence-corrected chi connectivity index (χ0v) is 18.6. The fourth-order valence-electron chi connectivity index (χ4n) is 4.77. The lowest BCUT2D eigenvalue weighted by Gasteiger charge is -2.39. The monoisotopic (exact) mass is 454 g/mol. The molecule has 0 radical (unpaired) electrons. The first-order chi connectivity index (χ1) is 15.6. The van der Waals surface area contributed by atoms with Crippen molar-refractivity contribution in [2.45, 2.75) is 43.9 Å². The van der Waals surface area contributed by atoms with Crippen LogP contribution in [0.2, 0.25) is 5.02 Å². The Kier molecular flexibility index (Phi) is 6.04. The third-order valence-corrected chi connectivity index (χ3v) is 6.84. The zero-order valence-electron chi connectivity index (χ0n) is 17.9. The van der Waals surface area contributed by atoms with Crippen molar-refractivity contribution in [3.8, 4) is 11.3 Å². The SMILES string of the molecule is O=C(NCC1CCC2(CCN(Cc3cn[nH]c3-c3ccc(Cl)cc3)CC2)O1)c1ccco1. The number of furan rings is 1. The molecule has 1 aromatic carbocycles. The number of hydrogen-bond donors (Lipinski definition) is 2. The van der Waals surface area contributed by atoms with Crippen LogP contribution in [0.5, 0.6) is 0 Å². The van der Waals surface area contributed by atoms with Gasteiger partial charge in [-0.3, -0.25) is 14.8 Å². The highest BCUT2D eigenvalue weighted by Gasteiger charge is 2.42. The lowest BCUT2D eigenvalue weighted by atomic mass is 9.88. The van der Waals surface area contributed by atoms with Crippen LogP contribution in [0.25, 0.3) is 11.3 Å². The van der Waals surface area contributed by atoms with E-state index in [1.165, 1.54) is 11.8 Å². The van der Waals surface area contributed by atoms with E-state index in [1.54, 1.807) is 12.1 Å². The quantitative estimate of drug-likeness (QED) is 0.581. The standard InChI is InChI=1S/C24H27ClN4O3/c25-19-5-3-17(4-6-19)22-18(14-27-28-22)16-29-11-9-24(10-12-29)8-7-20(32-24)15-26-23(30)21-2-1-13-31-21/h1-6,13-14,20H,7-12,15-16H2,(H,26,30)(H,27,28).